The molecule has 140 valence electrons. The number of nitrogens with one attached hydrogen (secondary N) is 3. The van der Waals surface area contributed by atoms with E-state index in [1.165, 1.54) is 13.2 Å². The van der Waals surface area contributed by atoms with Crippen molar-refractivity contribution in [2.24, 2.45) is 0 Å². The molecule has 0 fully saturated rings. The molecule has 6 nitrogen and oxygen atoms in total. The quantitative estimate of drug-likeness (QED) is 0.607. The van der Waals surface area contributed by atoms with Crippen LogP contribution >= 0.6 is 12.2 Å². The third-order valence-corrected chi connectivity index (χ3v) is 4.55. The molecule has 27 heavy (non-hydrogen) atoms. The Morgan fingerprint density at radius 1 is 1.22 bits per heavy atom. The highest BCUT2D eigenvalue weighted by molar-refractivity contribution is 7.80. The molecule has 0 aromatic heterocycles. The SMILES string of the molecule is COc1cc([C@@H]2NC(=S)NC(C)=C2C(=O)Nc2cccc(C)c2)ccc1O. The molecule has 0 spiro atoms. The third kappa shape index (κ3) is 4.03. The van der Waals surface area contributed by atoms with Gasteiger partial charge in [0.2, 0.25) is 0 Å². The first-order valence-corrected chi connectivity index (χ1v) is 8.83. The van der Waals surface area contributed by atoms with Crippen molar-refractivity contribution < 1.29 is 14.6 Å². The van der Waals surface area contributed by atoms with Gasteiger partial charge in [0.05, 0.1) is 18.7 Å². The van der Waals surface area contributed by atoms with E-state index in [0.717, 1.165) is 16.8 Å². The first kappa shape index (κ1) is 18.7. The van der Waals surface area contributed by atoms with Crippen LogP contribution in [0.25, 0.3) is 0 Å². The number of thiocarbonyl (C=S) groups is 1. The second-order valence-corrected chi connectivity index (χ2v) is 6.73. The van der Waals surface area contributed by atoms with E-state index in [1.54, 1.807) is 12.1 Å². The highest BCUT2D eigenvalue weighted by Gasteiger charge is 2.30. The van der Waals surface area contributed by atoms with Crippen LogP contribution in [0, 0.1) is 6.92 Å². The van der Waals surface area contributed by atoms with Crippen molar-refractivity contribution in [1.82, 2.24) is 10.6 Å². The Kier molecular flexibility index (Phi) is 5.32. The summed E-state index contributed by atoms with van der Waals surface area (Å²) >= 11 is 5.26. The number of rotatable bonds is 4. The van der Waals surface area contributed by atoms with Gasteiger partial charge in [-0.3, -0.25) is 4.79 Å². The molecule has 1 aliphatic heterocycles. The van der Waals surface area contributed by atoms with Gasteiger partial charge in [0.1, 0.15) is 0 Å². The van der Waals surface area contributed by atoms with Crippen LogP contribution in [0.2, 0.25) is 0 Å². The lowest BCUT2D eigenvalue weighted by molar-refractivity contribution is -0.113. The topological polar surface area (TPSA) is 82.6 Å². The molecule has 0 radical (unpaired) electrons. The van der Waals surface area contributed by atoms with Gasteiger partial charge in [0.25, 0.3) is 5.91 Å². The van der Waals surface area contributed by atoms with E-state index in [0.29, 0.717) is 22.1 Å². The van der Waals surface area contributed by atoms with Crippen molar-refractivity contribution in [3.8, 4) is 11.5 Å². The highest BCUT2D eigenvalue weighted by Crippen LogP contribution is 2.33. The molecule has 3 rings (SSSR count). The molecule has 0 saturated carbocycles. The van der Waals surface area contributed by atoms with Crippen LogP contribution in [0.15, 0.2) is 53.7 Å². The summed E-state index contributed by atoms with van der Waals surface area (Å²) in [5.41, 5.74) is 3.70. The molecule has 0 saturated heterocycles. The largest absolute Gasteiger partial charge is 0.504 e. The second kappa shape index (κ2) is 7.67. The number of amides is 1. The minimum Gasteiger partial charge on any atom is -0.504 e. The average molecular weight is 383 g/mol. The average Bonchev–Trinajstić information content (AvgIpc) is 2.61. The number of allylic oxidation sites excluding steroid dienone is 1. The minimum absolute atomic E-state index is 0.0317. The van der Waals surface area contributed by atoms with Gasteiger partial charge < -0.3 is 25.8 Å². The number of methoxy groups -OCH3 is 1. The van der Waals surface area contributed by atoms with Crippen molar-refractivity contribution in [2.75, 3.05) is 12.4 Å². The van der Waals surface area contributed by atoms with Gasteiger partial charge in [-0.1, -0.05) is 18.2 Å². The summed E-state index contributed by atoms with van der Waals surface area (Å²) in [6, 6.07) is 12.1. The van der Waals surface area contributed by atoms with E-state index in [2.05, 4.69) is 16.0 Å². The predicted molar refractivity (Wildman–Crippen MR) is 109 cm³/mol. The zero-order valence-electron chi connectivity index (χ0n) is 15.3. The summed E-state index contributed by atoms with van der Waals surface area (Å²) in [6.45, 7) is 3.77. The number of carbonyl (C=O) groups is 1. The summed E-state index contributed by atoms with van der Waals surface area (Å²) in [7, 11) is 1.48. The Hall–Kier alpha value is -3.06. The lowest BCUT2D eigenvalue weighted by atomic mass is 9.94. The first-order valence-electron chi connectivity index (χ1n) is 8.42. The number of phenols is 1. The number of anilines is 1. The monoisotopic (exact) mass is 383 g/mol. The normalized spacial score (nSPS) is 16.4. The molecule has 0 unspecified atom stereocenters. The van der Waals surface area contributed by atoms with E-state index in [-0.39, 0.29) is 11.7 Å². The molecule has 7 heteroatoms. The van der Waals surface area contributed by atoms with Gasteiger partial charge in [-0.2, -0.15) is 0 Å². The zero-order chi connectivity index (χ0) is 19.6. The van der Waals surface area contributed by atoms with E-state index >= 15 is 0 Å². The van der Waals surface area contributed by atoms with Crippen LogP contribution in [0.3, 0.4) is 0 Å². The standard InChI is InChI=1S/C20H21N3O3S/c1-11-5-4-6-14(9-11)22-19(25)17-12(2)21-20(27)23-18(17)13-7-8-15(24)16(10-13)26-3/h4-10,18,24H,1-3H3,(H,22,25)(H2,21,23,27)/t18-/m0/s1. The van der Waals surface area contributed by atoms with Crippen molar-refractivity contribution in [2.45, 2.75) is 19.9 Å². The number of hydrogen-bond acceptors (Lipinski definition) is 4. The summed E-state index contributed by atoms with van der Waals surface area (Å²) in [5, 5.41) is 19.4. The van der Waals surface area contributed by atoms with Gasteiger partial charge in [0, 0.05) is 11.4 Å². The summed E-state index contributed by atoms with van der Waals surface area (Å²) < 4.78 is 5.19. The number of hydrogen-bond donors (Lipinski definition) is 4. The summed E-state index contributed by atoms with van der Waals surface area (Å²) in [5.74, 6) is 0.122. The number of phenolic OH excluding ortho intramolecular Hbond substituents is 1. The Morgan fingerprint density at radius 3 is 2.70 bits per heavy atom. The van der Waals surface area contributed by atoms with E-state index in [4.69, 9.17) is 17.0 Å². The molecule has 0 bridgehead atoms. The summed E-state index contributed by atoms with van der Waals surface area (Å²) in [4.78, 5) is 13.0. The van der Waals surface area contributed by atoms with Crippen molar-refractivity contribution >= 4 is 28.9 Å². The first-order chi connectivity index (χ1) is 12.9. The number of benzene rings is 2. The Morgan fingerprint density at radius 2 is 2.00 bits per heavy atom. The lowest BCUT2D eigenvalue weighted by Crippen LogP contribution is -2.45. The van der Waals surface area contributed by atoms with E-state index in [1.807, 2.05) is 38.1 Å². The molecule has 4 N–H and O–H groups in total. The maximum absolute atomic E-state index is 13.0. The zero-order valence-corrected chi connectivity index (χ0v) is 16.1. The fourth-order valence-electron chi connectivity index (χ4n) is 3.04. The van der Waals surface area contributed by atoms with Crippen LogP contribution in [-0.4, -0.2) is 23.2 Å². The fraction of sp³-hybridized carbons (Fsp3) is 0.200. The van der Waals surface area contributed by atoms with Crippen LogP contribution in [0.1, 0.15) is 24.1 Å². The molecule has 1 atom stereocenters. The number of carbonyl (C=O) groups excluding carboxylic acids is 1. The number of ether oxygens (including phenoxy) is 1. The molecule has 2 aromatic carbocycles. The molecule has 1 heterocycles. The van der Waals surface area contributed by atoms with Crippen LogP contribution in [0.4, 0.5) is 5.69 Å². The maximum Gasteiger partial charge on any atom is 0.255 e. The molecular formula is C20H21N3O3S. The van der Waals surface area contributed by atoms with Crippen LogP contribution in [0.5, 0.6) is 11.5 Å². The fourth-order valence-corrected chi connectivity index (χ4v) is 3.31. The van der Waals surface area contributed by atoms with Gasteiger partial charge in [-0.15, -0.1) is 0 Å². The highest BCUT2D eigenvalue weighted by atomic mass is 32.1. The van der Waals surface area contributed by atoms with Crippen molar-refractivity contribution in [3.05, 3.63) is 64.9 Å². The van der Waals surface area contributed by atoms with Crippen molar-refractivity contribution in [3.63, 3.8) is 0 Å². The van der Waals surface area contributed by atoms with Gasteiger partial charge in [0.15, 0.2) is 16.6 Å². The molecular weight excluding hydrogens is 362 g/mol. The van der Waals surface area contributed by atoms with E-state index < -0.39 is 6.04 Å². The smallest absolute Gasteiger partial charge is 0.255 e. The van der Waals surface area contributed by atoms with Crippen LogP contribution < -0.4 is 20.7 Å². The van der Waals surface area contributed by atoms with Gasteiger partial charge in [-0.25, -0.2) is 0 Å². The lowest BCUT2D eigenvalue weighted by Gasteiger charge is -2.30. The number of aromatic hydroxyl groups is 1. The Labute approximate surface area is 163 Å². The number of aryl methyl sites for hydroxylation is 1. The molecule has 1 amide bonds. The Bertz CT molecular complexity index is 940. The van der Waals surface area contributed by atoms with Crippen LogP contribution in [-0.2, 0) is 4.79 Å². The summed E-state index contributed by atoms with van der Waals surface area (Å²) in [6.07, 6.45) is 0. The van der Waals surface area contributed by atoms with Gasteiger partial charge in [-0.05, 0) is 61.5 Å². The Balaban J connectivity index is 1.98. The second-order valence-electron chi connectivity index (χ2n) is 6.33. The van der Waals surface area contributed by atoms with Crippen molar-refractivity contribution in [1.29, 1.82) is 0 Å². The van der Waals surface area contributed by atoms with E-state index in [9.17, 15) is 9.90 Å². The minimum atomic E-state index is -0.474. The third-order valence-electron chi connectivity index (χ3n) is 4.33. The molecule has 0 aliphatic carbocycles. The van der Waals surface area contributed by atoms with Gasteiger partial charge >= 0.3 is 0 Å². The predicted octanol–water partition coefficient (Wildman–Crippen LogP) is 3.14. The molecule has 2 aromatic rings. The molecule has 1 aliphatic rings. The maximum atomic E-state index is 13.0.